The Morgan fingerprint density at radius 2 is 1.62 bits per heavy atom. The fourth-order valence-corrected chi connectivity index (χ4v) is 2.27. The third-order valence-corrected chi connectivity index (χ3v) is 3.52. The van der Waals surface area contributed by atoms with Crippen LogP contribution in [0.2, 0.25) is 0 Å². The maximum absolute atomic E-state index is 6.49. The molecule has 0 rings (SSSR count). The first-order chi connectivity index (χ1) is 5.71. The minimum absolute atomic E-state index is 0.0430. The van der Waals surface area contributed by atoms with Crippen molar-refractivity contribution in [3.8, 4) is 0 Å². The van der Waals surface area contributed by atoms with Gasteiger partial charge >= 0.3 is 0 Å². The summed E-state index contributed by atoms with van der Waals surface area (Å²) in [6.45, 7) is 13.4. The molecule has 0 aromatic heterocycles. The average Bonchev–Trinajstić information content (AvgIpc) is 1.83. The smallest absolute Gasteiger partial charge is 0.0446 e. The lowest BCUT2D eigenvalue weighted by atomic mass is 9.76. The van der Waals surface area contributed by atoms with Gasteiger partial charge < -0.3 is 0 Å². The monoisotopic (exact) mass is 204 g/mol. The third-order valence-electron chi connectivity index (χ3n) is 2.95. The fraction of sp³-hybridized carbons (Fsp3) is 1.00. The van der Waals surface area contributed by atoms with Crippen LogP contribution in [0.1, 0.15) is 60.8 Å². The Bertz CT molecular complexity index is 145. The first kappa shape index (κ1) is 13.3. The van der Waals surface area contributed by atoms with Gasteiger partial charge in [-0.15, -0.1) is 11.6 Å². The Morgan fingerprint density at radius 3 is 1.92 bits per heavy atom. The molecule has 0 saturated heterocycles. The topological polar surface area (TPSA) is 0 Å². The molecular weight excluding hydrogens is 180 g/mol. The minimum Gasteiger partial charge on any atom is -0.119 e. The Morgan fingerprint density at radius 1 is 1.15 bits per heavy atom. The van der Waals surface area contributed by atoms with E-state index in [1.165, 1.54) is 12.8 Å². The molecule has 1 heteroatoms. The Kier molecular flexibility index (Phi) is 4.79. The Hall–Kier alpha value is 0.290. The summed E-state index contributed by atoms with van der Waals surface area (Å²) in [6.07, 6.45) is 3.62. The van der Waals surface area contributed by atoms with E-state index in [0.29, 0.717) is 11.3 Å². The minimum atomic E-state index is -0.0430. The van der Waals surface area contributed by atoms with Gasteiger partial charge in [0.1, 0.15) is 0 Å². The molecule has 1 atom stereocenters. The fourth-order valence-electron chi connectivity index (χ4n) is 1.91. The molecule has 0 aromatic rings. The molecule has 0 aromatic carbocycles. The molecule has 0 fully saturated rings. The van der Waals surface area contributed by atoms with E-state index in [9.17, 15) is 0 Å². The summed E-state index contributed by atoms with van der Waals surface area (Å²) >= 11 is 6.49. The average molecular weight is 205 g/mol. The molecule has 0 amide bonds. The van der Waals surface area contributed by atoms with Crippen LogP contribution in [0.3, 0.4) is 0 Å². The molecule has 0 saturated carbocycles. The van der Waals surface area contributed by atoms with Crippen LogP contribution in [-0.2, 0) is 0 Å². The van der Waals surface area contributed by atoms with Crippen molar-refractivity contribution < 1.29 is 0 Å². The summed E-state index contributed by atoms with van der Waals surface area (Å²) in [5, 5.41) is 0. The molecule has 0 heterocycles. The zero-order chi connectivity index (χ0) is 10.7. The summed E-state index contributed by atoms with van der Waals surface area (Å²) in [6, 6.07) is 0. The zero-order valence-corrected chi connectivity index (χ0v) is 10.8. The maximum Gasteiger partial charge on any atom is 0.0446 e. The van der Waals surface area contributed by atoms with E-state index in [4.69, 9.17) is 11.6 Å². The second-order valence-corrected chi connectivity index (χ2v) is 6.39. The molecule has 13 heavy (non-hydrogen) atoms. The van der Waals surface area contributed by atoms with Crippen molar-refractivity contribution in [3.05, 3.63) is 0 Å². The SMILES string of the molecule is CCCC(C)(C)CC(C)(Cl)C(C)C. The van der Waals surface area contributed by atoms with E-state index in [-0.39, 0.29) is 4.87 Å². The van der Waals surface area contributed by atoms with Crippen LogP contribution in [0.5, 0.6) is 0 Å². The van der Waals surface area contributed by atoms with Crippen LogP contribution in [0.4, 0.5) is 0 Å². The zero-order valence-electron chi connectivity index (χ0n) is 10.1. The summed E-state index contributed by atoms with van der Waals surface area (Å²) in [5.41, 5.74) is 0.384. The van der Waals surface area contributed by atoms with Crippen LogP contribution in [0.15, 0.2) is 0 Å². The van der Waals surface area contributed by atoms with E-state index in [2.05, 4.69) is 41.5 Å². The van der Waals surface area contributed by atoms with Crippen LogP contribution in [0, 0.1) is 11.3 Å². The van der Waals surface area contributed by atoms with E-state index < -0.39 is 0 Å². The number of hydrogen-bond donors (Lipinski definition) is 0. The Labute approximate surface area is 89.1 Å². The summed E-state index contributed by atoms with van der Waals surface area (Å²) in [7, 11) is 0. The number of hydrogen-bond acceptors (Lipinski definition) is 0. The quantitative estimate of drug-likeness (QED) is 0.562. The van der Waals surface area contributed by atoms with Crippen LogP contribution in [0.25, 0.3) is 0 Å². The van der Waals surface area contributed by atoms with Crippen molar-refractivity contribution in [1.29, 1.82) is 0 Å². The van der Waals surface area contributed by atoms with Crippen LogP contribution < -0.4 is 0 Å². The maximum atomic E-state index is 6.49. The third kappa shape index (κ3) is 4.90. The first-order valence-corrected chi connectivity index (χ1v) is 5.78. The van der Waals surface area contributed by atoms with Crippen LogP contribution in [-0.4, -0.2) is 4.87 Å². The lowest BCUT2D eigenvalue weighted by Gasteiger charge is -2.35. The van der Waals surface area contributed by atoms with Gasteiger partial charge in [-0.25, -0.2) is 0 Å². The second-order valence-electron chi connectivity index (χ2n) is 5.52. The number of rotatable bonds is 5. The van der Waals surface area contributed by atoms with E-state index in [1.54, 1.807) is 0 Å². The lowest BCUT2D eigenvalue weighted by molar-refractivity contribution is 0.239. The molecule has 0 aliphatic rings. The molecule has 0 N–H and O–H groups in total. The van der Waals surface area contributed by atoms with Gasteiger partial charge in [-0.05, 0) is 31.1 Å². The highest BCUT2D eigenvalue weighted by Gasteiger charge is 2.32. The highest BCUT2D eigenvalue weighted by molar-refractivity contribution is 6.23. The van der Waals surface area contributed by atoms with Gasteiger partial charge in [-0.2, -0.15) is 0 Å². The lowest BCUT2D eigenvalue weighted by Crippen LogP contribution is -2.31. The van der Waals surface area contributed by atoms with E-state index in [0.717, 1.165) is 6.42 Å². The predicted molar refractivity (Wildman–Crippen MR) is 62.4 cm³/mol. The molecule has 0 nitrogen and oxygen atoms in total. The van der Waals surface area contributed by atoms with Gasteiger partial charge in [-0.1, -0.05) is 41.0 Å². The van der Waals surface area contributed by atoms with Gasteiger partial charge in [0, 0.05) is 4.87 Å². The molecule has 0 spiro atoms. The van der Waals surface area contributed by atoms with Gasteiger partial charge in [0.2, 0.25) is 0 Å². The molecular formula is C12H25Cl. The van der Waals surface area contributed by atoms with Crippen molar-refractivity contribution in [2.45, 2.75) is 65.7 Å². The van der Waals surface area contributed by atoms with Crippen molar-refractivity contribution in [2.24, 2.45) is 11.3 Å². The van der Waals surface area contributed by atoms with Crippen molar-refractivity contribution in [2.75, 3.05) is 0 Å². The molecule has 1 unspecified atom stereocenters. The number of alkyl halides is 1. The van der Waals surface area contributed by atoms with E-state index >= 15 is 0 Å². The highest BCUT2D eigenvalue weighted by atomic mass is 35.5. The van der Waals surface area contributed by atoms with Crippen molar-refractivity contribution in [1.82, 2.24) is 0 Å². The van der Waals surface area contributed by atoms with Gasteiger partial charge in [0.15, 0.2) is 0 Å². The summed E-state index contributed by atoms with van der Waals surface area (Å²) in [5.74, 6) is 0.547. The van der Waals surface area contributed by atoms with E-state index in [1.807, 2.05) is 0 Å². The molecule has 0 bridgehead atoms. The van der Waals surface area contributed by atoms with Crippen LogP contribution >= 0.6 is 11.6 Å². The second kappa shape index (κ2) is 4.68. The summed E-state index contributed by atoms with van der Waals surface area (Å²) < 4.78 is 0. The molecule has 0 aliphatic heterocycles. The number of halogens is 1. The van der Waals surface area contributed by atoms with Gasteiger partial charge in [0.05, 0.1) is 0 Å². The molecule has 80 valence electrons. The standard InChI is InChI=1S/C12H25Cl/c1-7-8-11(4,5)9-12(6,13)10(2)3/h10H,7-9H2,1-6H3. The van der Waals surface area contributed by atoms with Gasteiger partial charge in [0.25, 0.3) is 0 Å². The Balaban J connectivity index is 4.24. The normalized spacial score (nSPS) is 17.5. The molecule has 0 aliphatic carbocycles. The van der Waals surface area contributed by atoms with Crippen molar-refractivity contribution in [3.63, 3.8) is 0 Å². The largest absolute Gasteiger partial charge is 0.119 e. The predicted octanol–water partition coefficient (Wildman–Crippen LogP) is 4.86. The highest BCUT2D eigenvalue weighted by Crippen LogP contribution is 2.39. The summed E-state index contributed by atoms with van der Waals surface area (Å²) in [4.78, 5) is -0.0430. The molecule has 0 radical (unpaired) electrons. The first-order valence-electron chi connectivity index (χ1n) is 5.40. The van der Waals surface area contributed by atoms with Crippen molar-refractivity contribution >= 4 is 11.6 Å². The van der Waals surface area contributed by atoms with Gasteiger partial charge in [-0.3, -0.25) is 0 Å².